The summed E-state index contributed by atoms with van der Waals surface area (Å²) >= 11 is 0. The number of hydrazine groups is 1. The average Bonchev–Trinajstić information content (AvgIpc) is 4.17. The van der Waals surface area contributed by atoms with Crippen LogP contribution in [0, 0.1) is 29.1 Å². The number of aromatic nitrogens is 2. The second-order valence-corrected chi connectivity index (χ2v) is 22.2. The minimum Gasteiger partial charge on any atom is -0.464 e. The molecule has 0 spiro atoms. The number of ether oxygens (including phenoxy) is 2. The Kier molecular flexibility index (Phi) is 16.2. The molecule has 4 aliphatic heterocycles. The molecule has 390 valence electrons. The fourth-order valence-electron chi connectivity index (χ4n) is 11.4. The number of cyclic esters (lactones) is 1. The van der Waals surface area contributed by atoms with E-state index in [1.54, 1.807) is 25.3 Å². The second kappa shape index (κ2) is 22.2. The van der Waals surface area contributed by atoms with Crippen LogP contribution in [0.15, 0.2) is 60.8 Å². The summed E-state index contributed by atoms with van der Waals surface area (Å²) in [7, 11) is 3.32. The van der Waals surface area contributed by atoms with E-state index in [0.29, 0.717) is 45.3 Å². The van der Waals surface area contributed by atoms with E-state index < -0.39 is 52.8 Å². The third kappa shape index (κ3) is 11.5. The van der Waals surface area contributed by atoms with Gasteiger partial charge in [-0.15, -0.1) is 0 Å². The fraction of sp³-hybridized carbons (Fsp3) is 0.552. The third-order valence-electron chi connectivity index (χ3n) is 15.5. The highest BCUT2D eigenvalue weighted by Gasteiger charge is 2.41. The summed E-state index contributed by atoms with van der Waals surface area (Å²) in [5.74, 6) is 3.36. The zero-order chi connectivity index (χ0) is 52.4. The largest absolute Gasteiger partial charge is 0.464 e. The third-order valence-corrected chi connectivity index (χ3v) is 15.5. The van der Waals surface area contributed by atoms with Gasteiger partial charge in [0.15, 0.2) is 0 Å². The standard InChI is InChI=1S/C58H76N8O7/c1-11-65-48-22-21-41-33-44(48)45(52(65)43-19-15-26-59-50(43)38(4)72-10)34-57(5,6)36-73-56(71)46-20-16-29-66(61-46)55(70)47(32-39-17-14-18-40(41)31-39)60-53(68)51(37(2)3)62(9)54(69)42-24-30-63(35-42)49(67)23-25-58(7,8)64-27-12-13-28-64/h14-15,17-19,21-22,26,31,33,37-38,42,46-47,51,61H,11-13,16,20,24,27-30,32,34-36H2,1-10H3,(H,60,68)/t38-,42-,46-,47-,51?/m0/s1. The van der Waals surface area contributed by atoms with Gasteiger partial charge in [0.1, 0.15) is 18.1 Å². The molecule has 0 saturated carbocycles. The Morgan fingerprint density at radius 1 is 0.986 bits per heavy atom. The van der Waals surface area contributed by atoms with Gasteiger partial charge in [0.05, 0.1) is 35.6 Å². The first-order chi connectivity index (χ1) is 34.8. The molecule has 2 aromatic carbocycles. The van der Waals surface area contributed by atoms with E-state index in [1.807, 2.05) is 52.8 Å². The number of likely N-dealkylation sites (tertiary alicyclic amines) is 2. The summed E-state index contributed by atoms with van der Waals surface area (Å²) in [6, 6.07) is 15.9. The van der Waals surface area contributed by atoms with E-state index in [0.717, 1.165) is 76.0 Å². The molecule has 4 amide bonds. The molecule has 6 heterocycles. The number of nitrogens with zero attached hydrogens (tertiary/aromatic N) is 6. The second-order valence-electron chi connectivity index (χ2n) is 22.2. The Labute approximate surface area is 431 Å². The zero-order valence-corrected chi connectivity index (χ0v) is 44.7. The molecule has 4 aliphatic rings. The molecule has 15 nitrogen and oxygen atoms in total. The van der Waals surface area contributed by atoms with Crippen LogP contribution in [0.5, 0.6) is 0 Å². The summed E-state index contributed by atoms with van der Waals surface area (Å²) in [6.45, 7) is 19.9. The van der Waals surface area contributed by atoms with Crippen molar-refractivity contribution in [3.8, 4) is 34.2 Å². The Morgan fingerprint density at radius 2 is 1.74 bits per heavy atom. The highest BCUT2D eigenvalue weighted by molar-refractivity contribution is 5.97. The quantitative estimate of drug-likeness (QED) is 0.126. The van der Waals surface area contributed by atoms with Crippen LogP contribution in [-0.4, -0.2) is 136 Å². The fourth-order valence-corrected chi connectivity index (χ4v) is 11.4. The van der Waals surface area contributed by atoms with Crippen LogP contribution < -0.4 is 10.7 Å². The predicted molar refractivity (Wildman–Crippen MR) is 282 cm³/mol. The maximum absolute atomic E-state index is 14.8. The number of carbonyl (C=O) groups excluding carboxylic acids is 5. The first kappa shape index (κ1) is 53.2. The number of hydrogen-bond donors (Lipinski definition) is 2. The van der Waals surface area contributed by atoms with Gasteiger partial charge in [-0.2, -0.15) is 0 Å². The van der Waals surface area contributed by atoms with Gasteiger partial charge >= 0.3 is 5.97 Å². The minimum atomic E-state index is -1.06. The zero-order valence-electron chi connectivity index (χ0n) is 44.7. The molecule has 0 radical (unpaired) electrons. The van der Waals surface area contributed by atoms with E-state index in [9.17, 15) is 24.0 Å². The van der Waals surface area contributed by atoms with Crippen molar-refractivity contribution < 1.29 is 33.4 Å². The minimum absolute atomic E-state index is 0.133. The van der Waals surface area contributed by atoms with Crippen molar-refractivity contribution >= 4 is 40.5 Å². The molecule has 73 heavy (non-hydrogen) atoms. The Balaban J connectivity index is 1.10. The maximum Gasteiger partial charge on any atom is 0.324 e. The van der Waals surface area contributed by atoms with Crippen LogP contribution in [0.4, 0.5) is 0 Å². The van der Waals surface area contributed by atoms with Gasteiger partial charge in [-0.25, -0.2) is 5.43 Å². The Hall–Kier alpha value is -6.08. The molecular weight excluding hydrogens is 921 g/mol. The van der Waals surface area contributed by atoms with Crippen LogP contribution in [0.1, 0.15) is 110 Å². The van der Waals surface area contributed by atoms with Gasteiger partial charge in [-0.1, -0.05) is 63.9 Å². The van der Waals surface area contributed by atoms with Crippen molar-refractivity contribution in [1.29, 1.82) is 0 Å². The number of likely N-dealkylation sites (N-methyl/N-ethyl adjacent to an activating group) is 1. The predicted octanol–water partition coefficient (Wildman–Crippen LogP) is 6.96. The van der Waals surface area contributed by atoms with E-state index in [2.05, 4.69) is 89.2 Å². The SMILES string of the molecule is CCn1c(-c2cccnc2[C@H](C)OC)c2c3cc(ccc31)-c1cccc(c1)C[C@H](NC(=O)C(C(C)C)N(C)C(=O)[C@H]1CCN(C(=O)C#CC(C)(C)N3CCCC3)C1)C(=O)N1CCC[C@H](N1)C(=O)OCC(C)(C)C2. The van der Waals surface area contributed by atoms with Crippen molar-refractivity contribution in [2.24, 2.45) is 17.3 Å². The Morgan fingerprint density at radius 3 is 2.47 bits per heavy atom. The van der Waals surface area contributed by atoms with Gasteiger partial charge < -0.3 is 29.2 Å². The van der Waals surface area contributed by atoms with Crippen LogP contribution >= 0.6 is 0 Å². The molecule has 2 N–H and O–H groups in total. The summed E-state index contributed by atoms with van der Waals surface area (Å²) in [5, 5.41) is 5.62. The molecule has 2 aromatic heterocycles. The van der Waals surface area contributed by atoms with Gasteiger partial charge in [0, 0.05) is 74.8 Å². The number of esters is 1. The van der Waals surface area contributed by atoms with Crippen molar-refractivity contribution in [1.82, 2.24) is 40.0 Å². The number of pyridine rings is 1. The van der Waals surface area contributed by atoms with E-state index >= 15 is 0 Å². The molecule has 6 bridgehead atoms. The van der Waals surface area contributed by atoms with Gasteiger partial charge in [-0.3, -0.25) is 38.9 Å². The number of fused-ring (bicyclic) bond motifs is 6. The van der Waals surface area contributed by atoms with Crippen LogP contribution in [0.2, 0.25) is 0 Å². The first-order valence-corrected chi connectivity index (χ1v) is 26.4. The molecular formula is C58H76N8O7. The monoisotopic (exact) mass is 997 g/mol. The van der Waals surface area contributed by atoms with Gasteiger partial charge in [0.25, 0.3) is 11.8 Å². The van der Waals surface area contributed by atoms with Gasteiger partial charge in [-0.05, 0) is 138 Å². The van der Waals surface area contributed by atoms with Crippen LogP contribution in [-0.2, 0) is 52.8 Å². The smallest absolute Gasteiger partial charge is 0.324 e. The number of rotatable bonds is 10. The van der Waals surface area contributed by atoms with Crippen LogP contribution in [0.3, 0.4) is 0 Å². The summed E-state index contributed by atoms with van der Waals surface area (Å²) < 4.78 is 14.3. The number of hydrogen-bond acceptors (Lipinski definition) is 10. The van der Waals surface area contributed by atoms with E-state index in [-0.39, 0.29) is 43.4 Å². The lowest BCUT2D eigenvalue weighted by atomic mass is 9.84. The summed E-state index contributed by atoms with van der Waals surface area (Å²) in [5.41, 5.74) is 10.1. The number of carbonyl (C=O) groups is 5. The number of methoxy groups -OCH3 is 1. The number of amides is 4. The molecule has 4 aromatic rings. The molecule has 3 saturated heterocycles. The highest BCUT2D eigenvalue weighted by atomic mass is 16.5. The molecule has 8 rings (SSSR count). The lowest BCUT2D eigenvalue weighted by Gasteiger charge is -2.37. The molecule has 1 unspecified atom stereocenters. The van der Waals surface area contributed by atoms with E-state index in [4.69, 9.17) is 14.5 Å². The van der Waals surface area contributed by atoms with Crippen molar-refractivity contribution in [2.45, 2.75) is 137 Å². The normalized spacial score (nSPS) is 21.5. The number of nitrogens with one attached hydrogen (secondary N) is 2. The van der Waals surface area contributed by atoms with Crippen molar-refractivity contribution in [3.05, 3.63) is 77.6 Å². The topological polar surface area (TPSA) is 159 Å². The van der Waals surface area contributed by atoms with Crippen molar-refractivity contribution in [2.75, 3.05) is 53.5 Å². The Bertz CT molecular complexity index is 2780. The highest BCUT2D eigenvalue weighted by Crippen LogP contribution is 2.42. The average molecular weight is 997 g/mol. The molecule has 3 fully saturated rings. The van der Waals surface area contributed by atoms with Gasteiger partial charge in [0.2, 0.25) is 11.8 Å². The van der Waals surface area contributed by atoms with Crippen molar-refractivity contribution in [3.63, 3.8) is 0 Å². The van der Waals surface area contributed by atoms with E-state index in [1.165, 1.54) is 9.91 Å². The lowest BCUT2D eigenvalue weighted by Crippen LogP contribution is -2.62. The number of aryl methyl sites for hydroxylation is 1. The lowest BCUT2D eigenvalue weighted by molar-refractivity contribution is -0.155. The molecule has 0 aliphatic carbocycles. The maximum atomic E-state index is 14.8. The molecule has 5 atom stereocenters. The summed E-state index contributed by atoms with van der Waals surface area (Å²) in [4.78, 5) is 81.4. The van der Waals surface area contributed by atoms with Crippen LogP contribution in [0.25, 0.3) is 33.3 Å². The number of benzene rings is 2. The first-order valence-electron chi connectivity index (χ1n) is 26.4. The molecule has 15 heteroatoms. The summed E-state index contributed by atoms with van der Waals surface area (Å²) in [6.07, 6.45) is 5.98.